The predicted molar refractivity (Wildman–Crippen MR) is 119 cm³/mol. The van der Waals surface area contributed by atoms with Gasteiger partial charge < -0.3 is 14.5 Å². The summed E-state index contributed by atoms with van der Waals surface area (Å²) in [6.45, 7) is 4.12. The number of carbonyl (C=O) groups is 1. The number of amides is 1. The van der Waals surface area contributed by atoms with Gasteiger partial charge in [-0.05, 0) is 50.6 Å². The van der Waals surface area contributed by atoms with Gasteiger partial charge >= 0.3 is 0 Å². The Kier molecular flexibility index (Phi) is 7.27. The van der Waals surface area contributed by atoms with Gasteiger partial charge in [0.1, 0.15) is 17.9 Å². The van der Waals surface area contributed by atoms with E-state index in [1.165, 1.54) is 18.4 Å². The van der Waals surface area contributed by atoms with Crippen LogP contribution in [0.5, 0.6) is 5.75 Å². The largest absolute Gasteiger partial charge is 0.489 e. The van der Waals surface area contributed by atoms with E-state index in [-0.39, 0.29) is 18.1 Å². The van der Waals surface area contributed by atoms with E-state index in [0.29, 0.717) is 18.5 Å². The second-order valence-electron chi connectivity index (χ2n) is 8.95. The molecule has 0 spiro atoms. The van der Waals surface area contributed by atoms with E-state index in [1.807, 2.05) is 25.1 Å². The van der Waals surface area contributed by atoms with E-state index in [1.54, 1.807) is 12.5 Å². The third-order valence-electron chi connectivity index (χ3n) is 6.24. The molecule has 1 aliphatic heterocycles. The van der Waals surface area contributed by atoms with Crippen molar-refractivity contribution in [3.8, 4) is 5.75 Å². The number of nitrogens with zero attached hydrogens (tertiary/aromatic N) is 1. The molecule has 1 amide bonds. The zero-order valence-corrected chi connectivity index (χ0v) is 18.5. The van der Waals surface area contributed by atoms with Gasteiger partial charge in [0.05, 0.1) is 19.1 Å². The number of fused-ring (bicyclic) bond motifs is 1. The van der Waals surface area contributed by atoms with Crippen molar-refractivity contribution in [1.82, 2.24) is 21.1 Å². The molecule has 2 fully saturated rings. The van der Waals surface area contributed by atoms with E-state index >= 15 is 0 Å². The van der Waals surface area contributed by atoms with E-state index in [4.69, 9.17) is 9.15 Å². The number of hydrazine groups is 1. The maximum atomic E-state index is 12.7. The first-order valence-electron chi connectivity index (χ1n) is 11.3. The van der Waals surface area contributed by atoms with Gasteiger partial charge in [0.15, 0.2) is 0 Å². The molecule has 1 aromatic heterocycles. The fraction of sp³-hybridized carbons (Fsp3) is 0.542. The SMILES string of the molecule is CC(CNC(=O)C1NNC2CCCCC21)Oc1cccc(CN(C)Cc2ccoc2)c1. The summed E-state index contributed by atoms with van der Waals surface area (Å²) in [5.74, 6) is 1.27. The summed E-state index contributed by atoms with van der Waals surface area (Å²) in [7, 11) is 2.08. The van der Waals surface area contributed by atoms with Crippen LogP contribution < -0.4 is 20.9 Å². The lowest BCUT2D eigenvalue weighted by atomic mass is 9.81. The first kappa shape index (κ1) is 21.9. The average molecular weight is 427 g/mol. The van der Waals surface area contributed by atoms with E-state index in [9.17, 15) is 4.79 Å². The van der Waals surface area contributed by atoms with E-state index in [2.05, 4.69) is 40.2 Å². The number of ether oxygens (including phenoxy) is 1. The van der Waals surface area contributed by atoms with Crippen molar-refractivity contribution < 1.29 is 13.9 Å². The van der Waals surface area contributed by atoms with Gasteiger partial charge in [-0.25, -0.2) is 5.43 Å². The fourth-order valence-electron chi connectivity index (χ4n) is 4.71. The second kappa shape index (κ2) is 10.3. The van der Waals surface area contributed by atoms with Crippen LogP contribution >= 0.6 is 0 Å². The molecular weight excluding hydrogens is 392 g/mol. The van der Waals surface area contributed by atoms with Crippen LogP contribution in [0.4, 0.5) is 0 Å². The number of rotatable bonds is 9. The maximum absolute atomic E-state index is 12.7. The summed E-state index contributed by atoms with van der Waals surface area (Å²) in [5, 5.41) is 3.07. The Hall–Kier alpha value is -2.35. The van der Waals surface area contributed by atoms with E-state index in [0.717, 1.165) is 37.2 Å². The minimum absolute atomic E-state index is 0.0620. The molecule has 2 heterocycles. The number of hydrogen-bond donors (Lipinski definition) is 3. The van der Waals surface area contributed by atoms with Gasteiger partial charge in [-0.15, -0.1) is 0 Å². The van der Waals surface area contributed by atoms with Gasteiger partial charge in [-0.2, -0.15) is 0 Å². The first-order valence-corrected chi connectivity index (χ1v) is 11.3. The van der Waals surface area contributed by atoms with Crippen LogP contribution in [0.3, 0.4) is 0 Å². The molecule has 2 aromatic rings. The normalized spacial score (nSPS) is 24.0. The fourth-order valence-corrected chi connectivity index (χ4v) is 4.71. The van der Waals surface area contributed by atoms with E-state index < -0.39 is 0 Å². The monoisotopic (exact) mass is 426 g/mol. The lowest BCUT2D eigenvalue weighted by Crippen LogP contribution is -2.47. The van der Waals surface area contributed by atoms with Gasteiger partial charge in [0, 0.05) is 30.6 Å². The number of benzene rings is 1. The number of furan rings is 1. The van der Waals surface area contributed by atoms with Gasteiger partial charge in [0.2, 0.25) is 5.91 Å². The minimum atomic E-state index is -0.147. The lowest BCUT2D eigenvalue weighted by Gasteiger charge is -2.26. The highest BCUT2D eigenvalue weighted by Gasteiger charge is 2.40. The highest BCUT2D eigenvalue weighted by molar-refractivity contribution is 5.82. The van der Waals surface area contributed by atoms with Crippen molar-refractivity contribution >= 4 is 5.91 Å². The van der Waals surface area contributed by atoms with Crippen molar-refractivity contribution in [2.45, 2.75) is 63.9 Å². The molecule has 0 radical (unpaired) electrons. The molecule has 168 valence electrons. The predicted octanol–water partition coefficient (Wildman–Crippen LogP) is 2.83. The molecule has 31 heavy (non-hydrogen) atoms. The average Bonchev–Trinajstić information content (AvgIpc) is 3.42. The number of nitrogens with one attached hydrogen (secondary N) is 3. The molecular formula is C24H34N4O3. The summed E-state index contributed by atoms with van der Waals surface area (Å²) in [5.41, 5.74) is 8.84. The van der Waals surface area contributed by atoms with Crippen LogP contribution in [0.25, 0.3) is 0 Å². The van der Waals surface area contributed by atoms with Crippen LogP contribution in [0, 0.1) is 5.92 Å². The van der Waals surface area contributed by atoms with Crippen molar-refractivity contribution in [3.05, 3.63) is 54.0 Å². The van der Waals surface area contributed by atoms with Crippen molar-refractivity contribution in [3.63, 3.8) is 0 Å². The highest BCUT2D eigenvalue weighted by atomic mass is 16.5. The van der Waals surface area contributed by atoms with Crippen LogP contribution in [0.15, 0.2) is 47.3 Å². The lowest BCUT2D eigenvalue weighted by molar-refractivity contribution is -0.124. The molecule has 4 rings (SSSR count). The highest BCUT2D eigenvalue weighted by Crippen LogP contribution is 2.30. The zero-order chi connectivity index (χ0) is 21.6. The van der Waals surface area contributed by atoms with Crippen LogP contribution in [-0.4, -0.2) is 42.6 Å². The molecule has 0 bridgehead atoms. The van der Waals surface area contributed by atoms with Gasteiger partial charge in [-0.3, -0.25) is 15.1 Å². The maximum Gasteiger partial charge on any atom is 0.238 e. The molecule has 7 heteroatoms. The summed E-state index contributed by atoms with van der Waals surface area (Å²) in [6.07, 6.45) is 8.07. The first-order chi connectivity index (χ1) is 15.1. The number of carbonyl (C=O) groups excluding carboxylic acids is 1. The molecule has 2 aliphatic rings. The van der Waals surface area contributed by atoms with Crippen molar-refractivity contribution in [2.24, 2.45) is 5.92 Å². The van der Waals surface area contributed by atoms with Gasteiger partial charge in [0.25, 0.3) is 0 Å². The Balaban J connectivity index is 1.23. The summed E-state index contributed by atoms with van der Waals surface area (Å²) >= 11 is 0. The minimum Gasteiger partial charge on any atom is -0.489 e. The summed E-state index contributed by atoms with van der Waals surface area (Å²) < 4.78 is 11.2. The Labute approximate surface area is 184 Å². The molecule has 3 N–H and O–H groups in total. The standard InChI is InChI=1S/C24H34N4O3/c1-17(13-25-24(29)23-21-8-3-4-9-22(21)26-27-23)31-20-7-5-6-18(12-20)14-28(2)15-19-10-11-30-16-19/h5-7,10-12,16-17,21-23,26-27H,3-4,8-9,13-15H2,1-2H3,(H,25,29). The van der Waals surface area contributed by atoms with Gasteiger partial charge in [-0.1, -0.05) is 25.0 Å². The van der Waals surface area contributed by atoms with Crippen LogP contribution in [0.2, 0.25) is 0 Å². The quantitative estimate of drug-likeness (QED) is 0.572. The van der Waals surface area contributed by atoms with Crippen molar-refractivity contribution in [2.75, 3.05) is 13.6 Å². The third-order valence-corrected chi connectivity index (χ3v) is 6.24. The Bertz CT molecular complexity index is 841. The second-order valence-corrected chi connectivity index (χ2v) is 8.95. The summed E-state index contributed by atoms with van der Waals surface area (Å²) in [6, 6.07) is 10.4. The third kappa shape index (κ3) is 5.87. The molecule has 1 saturated heterocycles. The topological polar surface area (TPSA) is 78.8 Å². The molecule has 1 aromatic carbocycles. The molecule has 1 aliphatic carbocycles. The smallest absolute Gasteiger partial charge is 0.238 e. The molecule has 4 unspecified atom stereocenters. The molecule has 1 saturated carbocycles. The van der Waals surface area contributed by atoms with Crippen molar-refractivity contribution in [1.29, 1.82) is 0 Å². The zero-order valence-electron chi connectivity index (χ0n) is 18.5. The molecule has 4 atom stereocenters. The Morgan fingerprint density at radius 2 is 2.06 bits per heavy atom. The number of hydrogen-bond acceptors (Lipinski definition) is 6. The van der Waals surface area contributed by atoms with Crippen LogP contribution in [0.1, 0.15) is 43.7 Å². The van der Waals surface area contributed by atoms with Crippen LogP contribution in [-0.2, 0) is 17.9 Å². The Morgan fingerprint density at radius 3 is 2.90 bits per heavy atom. The Morgan fingerprint density at radius 1 is 1.23 bits per heavy atom. The molecule has 7 nitrogen and oxygen atoms in total. The summed E-state index contributed by atoms with van der Waals surface area (Å²) in [4.78, 5) is 14.9.